The molecule has 0 fully saturated rings. The standard InChI is InChI=1S/C58H38BN3Si/c1-5-20-40(21-6-1)60(41-22-7-2-8-23-41)42-37-49-47-30-17-29-46-48-36-35-39-19-13-14-28-45(39)56(48)62(57(46)47)59-50-31-18-34-54-58(50)61(52(38-42)55(49)59)51-32-15-16-33-53(51)63(54,43-24-9-3-10-25-43)44-26-11-4-12-27-44/h1-38H. The van der Waals surface area contributed by atoms with Gasteiger partial charge in [-0.25, -0.2) is 0 Å². The molecule has 10 aromatic carbocycles. The molecule has 0 aliphatic carbocycles. The van der Waals surface area contributed by atoms with Crippen LogP contribution in [-0.4, -0.2) is 19.4 Å². The van der Waals surface area contributed by atoms with Crippen molar-refractivity contribution in [2.75, 3.05) is 9.80 Å². The summed E-state index contributed by atoms with van der Waals surface area (Å²) in [5.74, 6) is 0. The minimum Gasteiger partial charge on any atom is -0.375 e. The van der Waals surface area contributed by atoms with Gasteiger partial charge in [-0.2, -0.15) is 0 Å². The van der Waals surface area contributed by atoms with Crippen LogP contribution in [0, 0.1) is 0 Å². The predicted molar refractivity (Wildman–Crippen MR) is 269 cm³/mol. The van der Waals surface area contributed by atoms with E-state index in [0.717, 1.165) is 17.1 Å². The lowest BCUT2D eigenvalue weighted by atomic mass is 9.45. The van der Waals surface area contributed by atoms with Crippen LogP contribution in [-0.2, 0) is 0 Å². The van der Waals surface area contributed by atoms with Crippen LogP contribution in [0.2, 0.25) is 0 Å². The first-order valence-electron chi connectivity index (χ1n) is 22.0. The summed E-state index contributed by atoms with van der Waals surface area (Å²) in [6, 6.07) is 86.7. The molecule has 14 rings (SSSR count). The van der Waals surface area contributed by atoms with Gasteiger partial charge < -0.3 is 14.3 Å². The maximum atomic E-state index is 2.74. The van der Waals surface area contributed by atoms with Crippen molar-refractivity contribution in [2.45, 2.75) is 0 Å². The molecule has 5 heteroatoms. The van der Waals surface area contributed by atoms with Gasteiger partial charge in [0.2, 0.25) is 0 Å². The van der Waals surface area contributed by atoms with E-state index in [1.54, 1.807) is 0 Å². The van der Waals surface area contributed by atoms with Gasteiger partial charge >= 0.3 is 6.85 Å². The summed E-state index contributed by atoms with van der Waals surface area (Å²) < 4.78 is 2.74. The lowest BCUT2D eigenvalue weighted by Crippen LogP contribution is -2.78. The van der Waals surface area contributed by atoms with Crippen LogP contribution in [0.3, 0.4) is 0 Å². The van der Waals surface area contributed by atoms with Gasteiger partial charge in [0.15, 0.2) is 8.07 Å². The number of anilines is 6. The van der Waals surface area contributed by atoms with Crippen molar-refractivity contribution in [1.29, 1.82) is 0 Å². The van der Waals surface area contributed by atoms with Crippen molar-refractivity contribution in [2.24, 2.45) is 0 Å². The summed E-state index contributed by atoms with van der Waals surface area (Å²) >= 11 is 0. The molecular weight excluding hydrogens is 778 g/mol. The number of fused-ring (bicyclic) bond motifs is 11. The van der Waals surface area contributed by atoms with Gasteiger partial charge in [-0.1, -0.05) is 188 Å². The van der Waals surface area contributed by atoms with Crippen LogP contribution in [0.4, 0.5) is 34.1 Å². The predicted octanol–water partition coefficient (Wildman–Crippen LogP) is 10.5. The molecule has 4 heterocycles. The highest BCUT2D eigenvalue weighted by Gasteiger charge is 2.53. The van der Waals surface area contributed by atoms with Crippen LogP contribution in [0.5, 0.6) is 0 Å². The van der Waals surface area contributed by atoms with Crippen LogP contribution in [0.25, 0.3) is 43.7 Å². The third-order valence-corrected chi connectivity index (χ3v) is 19.0. The Labute approximate surface area is 367 Å². The molecule has 63 heavy (non-hydrogen) atoms. The largest absolute Gasteiger partial charge is 0.375 e. The minimum atomic E-state index is -2.91. The van der Waals surface area contributed by atoms with Crippen molar-refractivity contribution >= 4 is 113 Å². The Morgan fingerprint density at radius 3 is 1.71 bits per heavy atom. The number of benzene rings is 10. The summed E-state index contributed by atoms with van der Waals surface area (Å²) in [6.07, 6.45) is 0. The Kier molecular flexibility index (Phi) is 7.22. The smallest absolute Gasteiger partial charge is 0.333 e. The number of aromatic nitrogens is 1. The Bertz CT molecular complexity index is 3570. The average molecular weight is 816 g/mol. The zero-order valence-corrected chi connectivity index (χ0v) is 35.4. The van der Waals surface area contributed by atoms with E-state index in [0.29, 0.717) is 0 Å². The molecule has 3 nitrogen and oxygen atoms in total. The lowest BCUT2D eigenvalue weighted by molar-refractivity contribution is 1.24. The molecule has 0 N–H and O–H groups in total. The molecule has 0 saturated carbocycles. The zero-order chi connectivity index (χ0) is 41.2. The van der Waals surface area contributed by atoms with Gasteiger partial charge in [-0.15, -0.1) is 0 Å². The Balaban J connectivity index is 1.19. The number of hydrogen-bond acceptors (Lipinski definition) is 2. The van der Waals surface area contributed by atoms with Crippen LogP contribution >= 0.6 is 0 Å². The van der Waals surface area contributed by atoms with Crippen molar-refractivity contribution in [3.8, 4) is 11.1 Å². The van der Waals surface area contributed by atoms with Crippen molar-refractivity contribution in [1.82, 2.24) is 4.48 Å². The van der Waals surface area contributed by atoms with Gasteiger partial charge in [0.1, 0.15) is 0 Å². The molecule has 0 radical (unpaired) electrons. The molecule has 0 amide bonds. The van der Waals surface area contributed by atoms with E-state index >= 15 is 0 Å². The Morgan fingerprint density at radius 1 is 0.397 bits per heavy atom. The van der Waals surface area contributed by atoms with Crippen LogP contribution in [0.1, 0.15) is 0 Å². The first-order valence-corrected chi connectivity index (χ1v) is 24.0. The molecule has 292 valence electrons. The molecule has 0 bridgehead atoms. The molecule has 0 atom stereocenters. The topological polar surface area (TPSA) is 11.4 Å². The second-order valence-electron chi connectivity index (χ2n) is 17.2. The SMILES string of the molecule is c1ccc(N(c2ccccc2)c2cc3c4c(c2)N2c5ccccc5[Si](c5ccccc5)(c5ccccc5)c5cccc(c52)B4n2c4c-3cccc4c3ccc4ccccc4c32)cc1. The van der Waals surface area contributed by atoms with Crippen molar-refractivity contribution in [3.05, 3.63) is 231 Å². The molecule has 3 aliphatic rings. The fraction of sp³-hybridized carbons (Fsp3) is 0. The molecule has 0 spiro atoms. The number of nitrogens with zero attached hydrogens (tertiary/aromatic N) is 3. The van der Waals surface area contributed by atoms with E-state index in [1.165, 1.54) is 92.4 Å². The van der Waals surface area contributed by atoms with E-state index in [9.17, 15) is 0 Å². The second kappa shape index (κ2) is 13.1. The summed E-state index contributed by atoms with van der Waals surface area (Å²) in [6.45, 7) is -0.0821. The number of para-hydroxylation sites is 5. The zero-order valence-electron chi connectivity index (χ0n) is 34.4. The third-order valence-electron chi connectivity index (χ3n) is 14.2. The fourth-order valence-corrected chi connectivity index (χ4v) is 16.9. The lowest BCUT2D eigenvalue weighted by Gasteiger charge is -2.50. The number of hydrogen-bond donors (Lipinski definition) is 0. The summed E-state index contributed by atoms with van der Waals surface area (Å²) in [7, 11) is -2.91. The first kappa shape index (κ1) is 34.8. The van der Waals surface area contributed by atoms with E-state index in [2.05, 4.69) is 245 Å². The first-order chi connectivity index (χ1) is 31.3. The summed E-state index contributed by atoms with van der Waals surface area (Å²) in [4.78, 5) is 5.10. The highest BCUT2D eigenvalue weighted by Crippen LogP contribution is 2.49. The second-order valence-corrected chi connectivity index (χ2v) is 20.9. The Hall–Kier alpha value is -7.86. The average Bonchev–Trinajstić information content (AvgIpc) is 3.70. The van der Waals surface area contributed by atoms with E-state index in [-0.39, 0.29) is 6.85 Å². The van der Waals surface area contributed by atoms with Crippen molar-refractivity contribution < 1.29 is 0 Å². The normalized spacial score (nSPS) is 13.8. The van der Waals surface area contributed by atoms with E-state index < -0.39 is 8.07 Å². The van der Waals surface area contributed by atoms with E-state index in [4.69, 9.17) is 0 Å². The third kappa shape index (κ3) is 4.59. The van der Waals surface area contributed by atoms with Gasteiger partial charge in [0.05, 0.1) is 0 Å². The molecule has 1 aromatic heterocycles. The summed E-state index contributed by atoms with van der Waals surface area (Å²) in [5, 5.41) is 10.8. The van der Waals surface area contributed by atoms with E-state index in [1.807, 2.05) is 0 Å². The van der Waals surface area contributed by atoms with Crippen LogP contribution < -0.4 is 41.5 Å². The molecule has 0 unspecified atom stereocenters. The van der Waals surface area contributed by atoms with Crippen LogP contribution in [0.15, 0.2) is 231 Å². The monoisotopic (exact) mass is 815 g/mol. The van der Waals surface area contributed by atoms with Gasteiger partial charge in [0.25, 0.3) is 0 Å². The number of rotatable bonds is 5. The highest BCUT2D eigenvalue weighted by molar-refractivity contribution is 7.21. The van der Waals surface area contributed by atoms with Crippen molar-refractivity contribution in [3.63, 3.8) is 0 Å². The summed E-state index contributed by atoms with van der Waals surface area (Å²) in [5.41, 5.74) is 15.0. The highest BCUT2D eigenvalue weighted by atomic mass is 28.3. The molecule has 3 aliphatic heterocycles. The maximum Gasteiger partial charge on any atom is 0.333 e. The molecule has 11 aromatic rings. The molecule has 0 saturated heterocycles. The van der Waals surface area contributed by atoms with Gasteiger partial charge in [-0.05, 0) is 85.1 Å². The molecular formula is C58H38BN3Si. The fourth-order valence-electron chi connectivity index (χ4n) is 11.8. The van der Waals surface area contributed by atoms with Gasteiger partial charge in [-0.3, -0.25) is 0 Å². The van der Waals surface area contributed by atoms with Gasteiger partial charge in [0, 0.05) is 66.9 Å². The quantitative estimate of drug-likeness (QED) is 0.160. The Morgan fingerprint density at radius 2 is 0.984 bits per heavy atom. The maximum absolute atomic E-state index is 2.91. The minimum absolute atomic E-state index is 0.0821.